The largest absolute Gasteiger partial charge is 0.405 e. The first kappa shape index (κ1) is 61.4. The molecule has 3 aromatic heterocycles. The van der Waals surface area contributed by atoms with Gasteiger partial charge in [-0.1, -0.05) is 103 Å². The minimum absolute atomic E-state index is 0.0356. The highest BCUT2D eigenvalue weighted by Crippen LogP contribution is 2.29. The van der Waals surface area contributed by atoms with Crippen LogP contribution in [0.2, 0.25) is 5.02 Å². The minimum Gasteiger partial charge on any atom is -0.375 e. The van der Waals surface area contributed by atoms with E-state index in [0.717, 1.165) is 45.3 Å². The van der Waals surface area contributed by atoms with Crippen molar-refractivity contribution >= 4 is 62.8 Å². The van der Waals surface area contributed by atoms with Gasteiger partial charge in [0.25, 0.3) is 5.91 Å². The number of nitrogens with two attached hydrogens (primary N) is 2. The lowest BCUT2D eigenvalue weighted by atomic mass is 9.99. The van der Waals surface area contributed by atoms with Crippen LogP contribution in [0, 0.1) is 11.6 Å². The summed E-state index contributed by atoms with van der Waals surface area (Å²) in [5, 5.41) is 15.2. The van der Waals surface area contributed by atoms with Gasteiger partial charge in [-0.3, -0.25) is 19.4 Å². The summed E-state index contributed by atoms with van der Waals surface area (Å²) in [6.45, 7) is 0.332. The van der Waals surface area contributed by atoms with Crippen LogP contribution in [0.25, 0.3) is 33.2 Å². The summed E-state index contributed by atoms with van der Waals surface area (Å²) in [6, 6.07) is 40.0. The molecule has 87 heavy (non-hydrogen) atoms. The van der Waals surface area contributed by atoms with Crippen molar-refractivity contribution in [2.45, 2.75) is 81.1 Å². The number of H-pyrrole nitrogens is 2. The Hall–Kier alpha value is -8.64. The second kappa shape index (κ2) is 28.3. The van der Waals surface area contributed by atoms with Gasteiger partial charge < -0.3 is 57.5 Å². The number of benzene rings is 6. The van der Waals surface area contributed by atoms with E-state index in [-0.39, 0.29) is 48.7 Å². The summed E-state index contributed by atoms with van der Waals surface area (Å²) < 4.78 is 79.5. The number of pyridine rings is 1. The Morgan fingerprint density at radius 3 is 1.94 bits per heavy atom. The Kier molecular flexibility index (Phi) is 20.0. The predicted octanol–water partition coefficient (Wildman–Crippen LogP) is 9.75. The quantitative estimate of drug-likeness (QED) is 0.0324. The molecule has 2 fully saturated rings. The molecule has 0 radical (unpaired) electrons. The van der Waals surface area contributed by atoms with Crippen LogP contribution in [0.15, 0.2) is 152 Å². The molecule has 0 aliphatic carbocycles. The van der Waals surface area contributed by atoms with Gasteiger partial charge in [-0.05, 0) is 103 Å². The number of hydrogen-bond donors (Lipinski definition) is 9. The van der Waals surface area contributed by atoms with Crippen molar-refractivity contribution in [1.29, 1.82) is 0 Å². The van der Waals surface area contributed by atoms with Crippen molar-refractivity contribution in [3.05, 3.63) is 208 Å². The molecule has 452 valence electrons. The number of halogens is 6. The maximum absolute atomic E-state index is 15.1. The lowest BCUT2D eigenvalue weighted by Gasteiger charge is -2.29. The molecule has 11 N–H and O–H groups in total. The average molecular weight is 1210 g/mol. The van der Waals surface area contributed by atoms with Crippen LogP contribution in [0.5, 0.6) is 0 Å². The van der Waals surface area contributed by atoms with Crippen molar-refractivity contribution in [1.82, 2.24) is 40.9 Å². The number of rotatable bonds is 20. The third-order valence-electron chi connectivity index (χ3n) is 15.2. The molecule has 0 saturated carbocycles. The topological polar surface area (TPSA) is 252 Å². The number of hydrogen-bond acceptors (Lipinski definition) is 12. The summed E-state index contributed by atoms with van der Waals surface area (Å²) >= 11 is 6.20. The zero-order valence-electron chi connectivity index (χ0n) is 47.0. The number of carbonyl (C=O) groups excluding carboxylic acids is 3. The number of nitrogens with one attached hydrogen (secondary N) is 7. The van der Waals surface area contributed by atoms with E-state index in [1.54, 1.807) is 24.3 Å². The molecule has 6 aromatic carbocycles. The van der Waals surface area contributed by atoms with Gasteiger partial charge in [0, 0.05) is 46.9 Å². The molecule has 0 spiro atoms. The van der Waals surface area contributed by atoms with Gasteiger partial charge in [0.15, 0.2) is 0 Å². The van der Waals surface area contributed by atoms with Crippen LogP contribution >= 0.6 is 11.6 Å². The van der Waals surface area contributed by atoms with E-state index in [2.05, 4.69) is 46.2 Å². The highest BCUT2D eigenvalue weighted by molar-refractivity contribution is 6.31. The lowest BCUT2D eigenvalue weighted by molar-refractivity contribution is -0.123. The molecule has 3 amide bonds. The third kappa shape index (κ3) is 16.3. The van der Waals surface area contributed by atoms with Crippen LogP contribution in [0.1, 0.15) is 69.2 Å². The molecule has 0 bridgehead atoms. The summed E-state index contributed by atoms with van der Waals surface area (Å²) in [5.74, 6) is -1.32. The first-order chi connectivity index (χ1) is 42.0. The van der Waals surface area contributed by atoms with E-state index in [0.29, 0.717) is 96.2 Å². The summed E-state index contributed by atoms with van der Waals surface area (Å²) in [6.07, 6.45) is 0.0976. The number of nitrogens with zero attached hydrogens (tertiary/aromatic N) is 3. The molecule has 2 aliphatic heterocycles. The molecule has 9 aromatic rings. The van der Waals surface area contributed by atoms with Crippen LogP contribution in [-0.2, 0) is 44.7 Å². The number of imidazole rings is 2. The van der Waals surface area contributed by atoms with Gasteiger partial charge in [-0.15, -0.1) is 0 Å². The van der Waals surface area contributed by atoms with E-state index in [4.69, 9.17) is 32.5 Å². The van der Waals surface area contributed by atoms with Crippen LogP contribution < -0.4 is 38.1 Å². The van der Waals surface area contributed by atoms with Gasteiger partial charge >= 0.3 is 6.18 Å². The van der Waals surface area contributed by atoms with Crippen molar-refractivity contribution < 1.29 is 45.8 Å². The number of anilines is 2. The number of alkyl halides is 3. The zero-order valence-corrected chi connectivity index (χ0v) is 47.7. The summed E-state index contributed by atoms with van der Waals surface area (Å²) in [7, 11) is 0. The summed E-state index contributed by atoms with van der Waals surface area (Å²) in [4.78, 5) is 57.1. The lowest BCUT2D eigenvalue weighted by Crippen LogP contribution is -2.41. The van der Waals surface area contributed by atoms with E-state index < -0.39 is 48.3 Å². The van der Waals surface area contributed by atoms with Crippen molar-refractivity contribution in [2.75, 3.05) is 43.5 Å². The fraction of sp³-hybridized carbons (Fsp3) is 0.281. The van der Waals surface area contributed by atoms with E-state index in [1.807, 2.05) is 102 Å². The second-order valence-corrected chi connectivity index (χ2v) is 21.8. The standard InChI is InChI=1S/C36H35F4N7O3.C28H29ClFN5O2/c37-27-17-42-18-31(45-30(33(41)48)14-21-6-8-23(9-7-21)22-4-2-1-3-5-22)26(27)12-11-25-16-43-32(19-50-25)34-46-28-13-10-24(15-29(28)47-34)35(49)44-20-36(38,39)40;29-20-7-2-1-6-17(20)14-22(31)28(36)35-23-11-5-8-21(30)19(23)13-12-18-15-32-26(16-37-18)27-33-24-9-3-4-10-25(24)34-27/h1-10,13,15,17-18,25,30,32,43,45H,11-12,14,16,19-20H2,(H2,41,48)(H,44,49)(H,46,47);1-11,18,22,26,32H,12-16,31H2,(H,33,34)(H,35,36)/t25-,30+,32+;18-,22+,26+/m11/s1. The molecular weight excluding hydrogens is 1150 g/mol. The Morgan fingerprint density at radius 2 is 1.30 bits per heavy atom. The van der Waals surface area contributed by atoms with Gasteiger partial charge in [0.05, 0.1) is 83.7 Å². The van der Waals surface area contributed by atoms with Crippen molar-refractivity contribution in [3.63, 3.8) is 0 Å². The maximum atomic E-state index is 15.1. The first-order valence-electron chi connectivity index (χ1n) is 28.4. The molecule has 5 heterocycles. The molecular formula is C64H64ClF5N12O5. The van der Waals surface area contributed by atoms with Crippen molar-refractivity contribution in [2.24, 2.45) is 11.5 Å². The number of amides is 3. The zero-order chi connectivity index (χ0) is 61.0. The highest BCUT2D eigenvalue weighted by atomic mass is 35.5. The minimum atomic E-state index is -4.51. The second-order valence-electron chi connectivity index (χ2n) is 21.4. The number of aromatic amines is 2. The Morgan fingerprint density at radius 1 is 0.678 bits per heavy atom. The fourth-order valence-electron chi connectivity index (χ4n) is 10.4. The van der Waals surface area contributed by atoms with Crippen LogP contribution in [-0.4, -0.2) is 106 Å². The first-order valence-corrected chi connectivity index (χ1v) is 28.8. The van der Waals surface area contributed by atoms with Crippen LogP contribution in [0.3, 0.4) is 0 Å². The average Bonchev–Trinajstić information content (AvgIpc) is 2.87. The number of ether oxygens (including phenoxy) is 2. The van der Waals surface area contributed by atoms with Gasteiger partial charge in [-0.25, -0.2) is 18.7 Å². The monoisotopic (exact) mass is 1210 g/mol. The molecule has 17 nitrogen and oxygen atoms in total. The number of carbonyl (C=O) groups is 3. The van der Waals surface area contributed by atoms with Gasteiger partial charge in [-0.2, -0.15) is 13.2 Å². The SMILES string of the molecule is NC(=O)[C@H](Cc1ccc(-c2ccccc2)cc1)Nc1cncc(F)c1CC[C@@H]1CN[C@H](c2nc3cc(C(=O)NCC(F)(F)F)ccc3[nH]2)CO1.N[C@@H](Cc1ccccc1Cl)C(=O)Nc1cccc(F)c1CC[C@@H]1CN[C@H](c2nc3ccccc3[nH]2)CO1. The normalized spacial score (nSPS) is 17.6. The maximum Gasteiger partial charge on any atom is 0.405 e. The molecule has 2 saturated heterocycles. The highest BCUT2D eigenvalue weighted by Gasteiger charge is 2.30. The van der Waals surface area contributed by atoms with E-state index >= 15 is 4.39 Å². The molecule has 11 rings (SSSR count). The molecule has 2 aliphatic rings. The smallest absolute Gasteiger partial charge is 0.375 e. The molecule has 6 atom stereocenters. The number of fused-ring (bicyclic) bond motifs is 2. The molecule has 0 unspecified atom stereocenters. The Bertz CT molecular complexity index is 3780. The number of para-hydroxylation sites is 2. The van der Waals surface area contributed by atoms with Gasteiger partial charge in [0.1, 0.15) is 35.9 Å². The number of primary amides is 1. The van der Waals surface area contributed by atoms with Crippen LogP contribution in [0.4, 0.5) is 33.3 Å². The Labute approximate surface area is 502 Å². The van der Waals surface area contributed by atoms with Crippen molar-refractivity contribution in [3.8, 4) is 11.1 Å². The fourth-order valence-corrected chi connectivity index (χ4v) is 10.6. The number of morpholine rings is 2. The predicted molar refractivity (Wildman–Crippen MR) is 323 cm³/mol. The summed E-state index contributed by atoms with van der Waals surface area (Å²) in [5.41, 5.74) is 20.3. The van der Waals surface area contributed by atoms with E-state index in [9.17, 15) is 31.9 Å². The molecule has 23 heteroatoms. The Balaban J connectivity index is 0.000000201. The number of aromatic nitrogens is 5. The van der Waals surface area contributed by atoms with Gasteiger partial charge in [0.2, 0.25) is 11.8 Å². The third-order valence-corrected chi connectivity index (χ3v) is 15.6. The van der Waals surface area contributed by atoms with E-state index in [1.165, 1.54) is 24.4 Å².